The van der Waals surface area contributed by atoms with Gasteiger partial charge in [0.15, 0.2) is 0 Å². The Balaban J connectivity index is 1.36. The Bertz CT molecular complexity index is 1980. The predicted molar refractivity (Wildman–Crippen MR) is 240 cm³/mol. The van der Waals surface area contributed by atoms with Crippen LogP contribution in [0, 0.1) is 51.4 Å². The number of aliphatic hydroxyl groups excluding tert-OH is 1. The summed E-state index contributed by atoms with van der Waals surface area (Å²) in [6, 6.07) is 21.5. The van der Waals surface area contributed by atoms with Crippen LogP contribution in [0.4, 0.5) is 17.1 Å². The monoisotopic (exact) mass is 754 g/mol. The molecule has 0 amide bonds. The minimum absolute atomic E-state index is 0.0819. The van der Waals surface area contributed by atoms with Crippen LogP contribution < -0.4 is 4.90 Å². The predicted octanol–water partition coefficient (Wildman–Crippen LogP) is 13.8. The molecular weight excluding hydrogens is 685 g/mol. The van der Waals surface area contributed by atoms with Crippen molar-refractivity contribution in [3.63, 3.8) is 0 Å². The van der Waals surface area contributed by atoms with E-state index in [4.69, 9.17) is 0 Å². The number of carbonyl (C=O) groups excluding carboxylic acids is 1. The molecule has 0 aromatic heterocycles. The number of Topliss-reactive ketones (excluding diaryl/α,β-unsaturated/α-hetero) is 1. The molecule has 298 valence electrons. The number of allylic oxidation sites excluding steroid dienone is 7. The SMILES string of the molecule is Cc1ccc(N(CCC(C)CCCC(C)C)c2ccc(C3=C(O)C(=C4C=CC(=[N+](CCC(C)CCCC(C)C)c5ccc(C)cc5C)C=C4)C3=O)cc2)c(C)c1. The van der Waals surface area contributed by atoms with Crippen LogP contribution in [-0.2, 0) is 4.79 Å². The molecule has 0 saturated carbocycles. The smallest absolute Gasteiger partial charge is 0.208 e. The Morgan fingerprint density at radius 3 is 1.75 bits per heavy atom. The van der Waals surface area contributed by atoms with Gasteiger partial charge in [-0.15, -0.1) is 0 Å². The zero-order chi connectivity index (χ0) is 40.5. The summed E-state index contributed by atoms with van der Waals surface area (Å²) in [6.45, 7) is 24.5. The molecule has 0 saturated heterocycles. The number of hydrogen-bond acceptors (Lipinski definition) is 3. The van der Waals surface area contributed by atoms with E-state index in [0.717, 1.165) is 60.3 Å². The second-order valence-corrected chi connectivity index (χ2v) is 17.8. The number of rotatable bonds is 18. The number of aryl methyl sites for hydroxylation is 4. The van der Waals surface area contributed by atoms with E-state index in [1.807, 2.05) is 24.3 Å². The highest BCUT2D eigenvalue weighted by Gasteiger charge is 2.37. The van der Waals surface area contributed by atoms with Crippen molar-refractivity contribution >= 4 is 34.1 Å². The number of hydrogen-bond donors (Lipinski definition) is 1. The molecule has 4 nitrogen and oxygen atoms in total. The topological polar surface area (TPSA) is 43.5 Å². The third-order valence-corrected chi connectivity index (χ3v) is 11.8. The highest BCUT2D eigenvalue weighted by molar-refractivity contribution is 6.39. The van der Waals surface area contributed by atoms with E-state index in [1.165, 1.54) is 72.2 Å². The van der Waals surface area contributed by atoms with Crippen LogP contribution in [0.15, 0.2) is 102 Å². The molecular formula is C52H69N2O2+. The first-order valence-electron chi connectivity index (χ1n) is 21.5. The first-order chi connectivity index (χ1) is 26.7. The Labute approximate surface area is 339 Å². The lowest BCUT2D eigenvalue weighted by molar-refractivity contribution is -0.441. The summed E-state index contributed by atoms with van der Waals surface area (Å²) in [5.74, 6) is 2.75. The van der Waals surface area contributed by atoms with Crippen molar-refractivity contribution < 1.29 is 14.5 Å². The molecule has 2 aliphatic rings. The third kappa shape index (κ3) is 10.9. The van der Waals surface area contributed by atoms with Crippen LogP contribution in [0.5, 0.6) is 0 Å². The van der Waals surface area contributed by atoms with Gasteiger partial charge in [-0.2, -0.15) is 4.58 Å². The minimum Gasteiger partial charge on any atom is -0.506 e. The van der Waals surface area contributed by atoms with Crippen LogP contribution in [0.3, 0.4) is 0 Å². The Morgan fingerprint density at radius 2 is 1.20 bits per heavy atom. The standard InChI is InChI=1S/C52H68N2O2/c1-35(2)13-11-15-37(5)29-31-53(47-27-17-39(7)33-41(47)9)45-23-19-43(20-24-45)49-51(55)50(52(49)56)44-21-25-46(26-22-44)54(48-28-18-40(8)34-42(48)10)32-30-38(6)16-12-14-36(3)4/h17-28,33-38H,11-16,29-32H2,1-10H3/p+1. The van der Waals surface area contributed by atoms with Gasteiger partial charge < -0.3 is 10.0 Å². The van der Waals surface area contributed by atoms with E-state index in [-0.39, 0.29) is 11.5 Å². The minimum atomic E-state index is -0.106. The lowest BCUT2D eigenvalue weighted by Crippen LogP contribution is -2.24. The summed E-state index contributed by atoms with van der Waals surface area (Å²) in [6.07, 6.45) is 18.0. The van der Waals surface area contributed by atoms with Gasteiger partial charge in [-0.25, -0.2) is 0 Å². The number of ketones is 1. The molecule has 56 heavy (non-hydrogen) atoms. The maximum Gasteiger partial charge on any atom is 0.208 e. The molecule has 0 spiro atoms. The van der Waals surface area contributed by atoms with Crippen molar-refractivity contribution in [2.24, 2.45) is 23.7 Å². The maximum atomic E-state index is 13.7. The van der Waals surface area contributed by atoms with E-state index in [9.17, 15) is 9.90 Å². The van der Waals surface area contributed by atoms with Crippen molar-refractivity contribution in [3.05, 3.63) is 130 Å². The van der Waals surface area contributed by atoms with Gasteiger partial charge in [0.2, 0.25) is 17.2 Å². The summed E-state index contributed by atoms with van der Waals surface area (Å²) in [7, 11) is 0. The second kappa shape index (κ2) is 19.6. The van der Waals surface area contributed by atoms with Crippen LogP contribution in [0.25, 0.3) is 5.57 Å². The average Bonchev–Trinajstić information content (AvgIpc) is 3.14. The molecule has 2 atom stereocenters. The van der Waals surface area contributed by atoms with E-state index in [2.05, 4.69) is 139 Å². The fourth-order valence-corrected chi connectivity index (χ4v) is 8.28. The third-order valence-electron chi connectivity index (χ3n) is 11.8. The Hall–Kier alpha value is -4.44. The highest BCUT2D eigenvalue weighted by atomic mass is 16.3. The van der Waals surface area contributed by atoms with Gasteiger partial charge in [-0.05, 0) is 111 Å². The van der Waals surface area contributed by atoms with E-state index in [0.29, 0.717) is 23.0 Å². The van der Waals surface area contributed by atoms with E-state index in [1.54, 1.807) is 0 Å². The summed E-state index contributed by atoms with van der Waals surface area (Å²) < 4.78 is 2.42. The fourth-order valence-electron chi connectivity index (χ4n) is 8.28. The molecule has 0 fully saturated rings. The van der Waals surface area contributed by atoms with Crippen molar-refractivity contribution in [2.45, 2.75) is 121 Å². The quantitative estimate of drug-likeness (QED) is 0.104. The highest BCUT2D eigenvalue weighted by Crippen LogP contribution is 2.40. The van der Waals surface area contributed by atoms with Crippen LogP contribution >= 0.6 is 0 Å². The Kier molecular flexibility index (Phi) is 15.0. The number of carbonyl (C=O) groups is 1. The molecule has 5 rings (SSSR count). The second-order valence-electron chi connectivity index (χ2n) is 17.8. The van der Waals surface area contributed by atoms with Gasteiger partial charge in [0.05, 0.1) is 11.1 Å². The van der Waals surface area contributed by atoms with Gasteiger partial charge in [-0.1, -0.05) is 122 Å². The summed E-state index contributed by atoms with van der Waals surface area (Å²) in [4.78, 5) is 16.2. The molecule has 0 bridgehead atoms. The Morgan fingerprint density at radius 1 is 0.625 bits per heavy atom. The number of anilines is 2. The average molecular weight is 754 g/mol. The van der Waals surface area contributed by atoms with Gasteiger partial charge in [0, 0.05) is 48.1 Å². The molecule has 3 aromatic rings. The van der Waals surface area contributed by atoms with Crippen LogP contribution in [0.2, 0.25) is 0 Å². The van der Waals surface area contributed by atoms with Crippen LogP contribution in [-0.4, -0.2) is 34.3 Å². The zero-order valence-corrected chi connectivity index (χ0v) is 36.2. The largest absolute Gasteiger partial charge is 0.506 e. The van der Waals surface area contributed by atoms with Crippen molar-refractivity contribution in [2.75, 3.05) is 18.0 Å². The molecule has 0 heterocycles. The zero-order valence-electron chi connectivity index (χ0n) is 36.2. The number of benzene rings is 3. The van der Waals surface area contributed by atoms with Gasteiger partial charge in [0.25, 0.3) is 0 Å². The van der Waals surface area contributed by atoms with Crippen molar-refractivity contribution in [1.82, 2.24) is 0 Å². The number of nitrogens with zero attached hydrogens (tertiary/aromatic N) is 2. The van der Waals surface area contributed by atoms with Crippen molar-refractivity contribution in [1.29, 1.82) is 0 Å². The number of aliphatic hydroxyl groups is 1. The summed E-state index contributed by atoms with van der Waals surface area (Å²) in [5.41, 5.74) is 11.9. The molecule has 2 unspecified atom stereocenters. The molecule has 3 aromatic carbocycles. The molecule has 1 N–H and O–H groups in total. The van der Waals surface area contributed by atoms with Crippen molar-refractivity contribution in [3.8, 4) is 0 Å². The van der Waals surface area contributed by atoms with Gasteiger partial charge in [0.1, 0.15) is 12.3 Å². The first-order valence-corrected chi connectivity index (χ1v) is 21.5. The summed E-state index contributed by atoms with van der Waals surface area (Å²) >= 11 is 0. The van der Waals surface area contributed by atoms with E-state index >= 15 is 0 Å². The maximum absolute atomic E-state index is 13.7. The normalized spacial score (nSPS) is 15.3. The molecule has 2 aliphatic carbocycles. The summed E-state index contributed by atoms with van der Waals surface area (Å²) in [5, 5.41) is 11.4. The first kappa shape index (κ1) is 42.7. The molecule has 0 aliphatic heterocycles. The fraction of sp³-hybridized carbons (Fsp3) is 0.462. The lowest BCUT2D eigenvalue weighted by atomic mass is 9.80. The van der Waals surface area contributed by atoms with Gasteiger partial charge >= 0.3 is 0 Å². The van der Waals surface area contributed by atoms with Crippen LogP contribution in [0.1, 0.15) is 121 Å². The molecule has 0 radical (unpaired) electrons. The van der Waals surface area contributed by atoms with E-state index < -0.39 is 0 Å². The van der Waals surface area contributed by atoms with Gasteiger partial charge in [-0.3, -0.25) is 4.79 Å². The molecule has 4 heteroatoms. The lowest BCUT2D eigenvalue weighted by Gasteiger charge is -2.29.